The third-order valence-electron chi connectivity index (χ3n) is 7.06. The lowest BCUT2D eigenvalue weighted by Gasteiger charge is -2.60. The second kappa shape index (κ2) is 6.05. The summed E-state index contributed by atoms with van der Waals surface area (Å²) in [4.78, 5) is 12.5. The summed E-state index contributed by atoms with van der Waals surface area (Å²) in [6.07, 6.45) is 6.43. The van der Waals surface area contributed by atoms with Gasteiger partial charge in [-0.05, 0) is 67.9 Å². The first kappa shape index (κ1) is 16.2. The Labute approximate surface area is 153 Å². The van der Waals surface area contributed by atoms with Crippen LogP contribution in [0.5, 0.6) is 11.5 Å². The second-order valence-electron chi connectivity index (χ2n) is 8.34. The predicted molar refractivity (Wildman–Crippen MR) is 96.4 cm³/mol. The van der Waals surface area contributed by atoms with E-state index >= 15 is 0 Å². The van der Waals surface area contributed by atoms with Crippen molar-refractivity contribution in [2.45, 2.75) is 37.7 Å². The van der Waals surface area contributed by atoms with Crippen LogP contribution in [0, 0.1) is 23.7 Å². The quantitative estimate of drug-likeness (QED) is 0.866. The molecule has 1 aliphatic heterocycles. The zero-order valence-corrected chi connectivity index (χ0v) is 15.1. The van der Waals surface area contributed by atoms with Crippen molar-refractivity contribution in [2.24, 2.45) is 23.7 Å². The molecule has 0 saturated heterocycles. The summed E-state index contributed by atoms with van der Waals surface area (Å²) in [5.41, 5.74) is 0.503. The van der Waals surface area contributed by atoms with E-state index in [4.69, 9.17) is 14.2 Å². The van der Waals surface area contributed by atoms with Crippen molar-refractivity contribution < 1.29 is 19.0 Å². The molecule has 0 unspecified atom stereocenters. The summed E-state index contributed by atoms with van der Waals surface area (Å²) in [7, 11) is 1.82. The van der Waals surface area contributed by atoms with Gasteiger partial charge in [0.2, 0.25) is 6.79 Å². The number of carbonyl (C=O) groups is 1. The number of amides is 2. The first-order chi connectivity index (χ1) is 12.7. The zero-order chi connectivity index (χ0) is 17.7. The Bertz CT molecular complexity index is 692. The monoisotopic (exact) mass is 358 g/mol. The Kier molecular flexibility index (Phi) is 3.78. The molecule has 2 amide bonds. The van der Waals surface area contributed by atoms with Crippen molar-refractivity contribution in [3.05, 3.63) is 18.2 Å². The van der Waals surface area contributed by atoms with Crippen molar-refractivity contribution in [2.75, 3.05) is 25.8 Å². The maximum Gasteiger partial charge on any atom is 0.319 e. The number of anilines is 1. The molecule has 6 rings (SSSR count). The Hall–Kier alpha value is -1.95. The molecular weight excluding hydrogens is 332 g/mol. The van der Waals surface area contributed by atoms with Crippen LogP contribution >= 0.6 is 0 Å². The maximum absolute atomic E-state index is 12.5. The van der Waals surface area contributed by atoms with Crippen molar-refractivity contribution in [1.29, 1.82) is 0 Å². The highest BCUT2D eigenvalue weighted by Crippen LogP contribution is 2.59. The van der Waals surface area contributed by atoms with Gasteiger partial charge in [0.25, 0.3) is 0 Å². The summed E-state index contributed by atoms with van der Waals surface area (Å²) in [5, 5.41) is 5.97. The predicted octanol–water partition coefficient (Wildman–Crippen LogP) is 3.38. The average Bonchev–Trinajstić information content (AvgIpc) is 3.09. The molecule has 1 aromatic rings. The highest BCUT2D eigenvalue weighted by Gasteiger charge is 2.57. The topological polar surface area (TPSA) is 68.8 Å². The molecule has 4 aliphatic carbocycles. The molecule has 26 heavy (non-hydrogen) atoms. The van der Waals surface area contributed by atoms with E-state index in [9.17, 15) is 4.79 Å². The SMILES string of the molecule is COC1(CNC(=O)Nc2ccc3c(c2)OCO3)C2CC3CC(C2)CC1C3. The third kappa shape index (κ3) is 2.54. The largest absolute Gasteiger partial charge is 0.454 e. The van der Waals surface area contributed by atoms with Crippen LogP contribution in [0.1, 0.15) is 32.1 Å². The first-order valence-corrected chi connectivity index (χ1v) is 9.66. The van der Waals surface area contributed by atoms with Crippen LogP contribution in [0.4, 0.5) is 10.5 Å². The molecular formula is C20H26N2O4. The Morgan fingerprint density at radius 2 is 1.81 bits per heavy atom. The summed E-state index contributed by atoms with van der Waals surface area (Å²) in [6.45, 7) is 0.806. The number of fused-ring (bicyclic) bond motifs is 1. The molecule has 0 radical (unpaired) electrons. The maximum atomic E-state index is 12.5. The van der Waals surface area contributed by atoms with E-state index in [1.54, 1.807) is 6.07 Å². The van der Waals surface area contributed by atoms with Gasteiger partial charge < -0.3 is 24.8 Å². The minimum Gasteiger partial charge on any atom is -0.454 e. The van der Waals surface area contributed by atoms with Crippen molar-refractivity contribution in [1.82, 2.24) is 5.32 Å². The van der Waals surface area contributed by atoms with Crippen LogP contribution in [0.15, 0.2) is 18.2 Å². The van der Waals surface area contributed by atoms with E-state index in [2.05, 4.69) is 10.6 Å². The van der Waals surface area contributed by atoms with Gasteiger partial charge in [-0.1, -0.05) is 0 Å². The molecule has 4 saturated carbocycles. The van der Waals surface area contributed by atoms with E-state index in [1.807, 2.05) is 19.2 Å². The number of nitrogens with one attached hydrogen (secondary N) is 2. The molecule has 0 aromatic heterocycles. The first-order valence-electron chi connectivity index (χ1n) is 9.66. The smallest absolute Gasteiger partial charge is 0.319 e. The van der Waals surface area contributed by atoms with Crippen LogP contribution in [-0.2, 0) is 4.74 Å². The number of hydrogen-bond acceptors (Lipinski definition) is 4. The molecule has 2 N–H and O–H groups in total. The lowest BCUT2D eigenvalue weighted by Crippen LogP contribution is -2.63. The highest BCUT2D eigenvalue weighted by atomic mass is 16.7. The fourth-order valence-electron chi connectivity index (χ4n) is 6.04. The molecule has 0 atom stereocenters. The molecule has 6 heteroatoms. The average molecular weight is 358 g/mol. The van der Waals surface area contributed by atoms with Gasteiger partial charge in [-0.15, -0.1) is 0 Å². The van der Waals surface area contributed by atoms with E-state index in [1.165, 1.54) is 32.1 Å². The summed E-state index contributed by atoms with van der Waals surface area (Å²) < 4.78 is 16.8. The molecule has 1 heterocycles. The standard InChI is InChI=1S/C20H26N2O4/c1-24-20(14-5-12-4-13(7-14)8-15(20)6-12)10-21-19(23)22-16-2-3-17-18(9-16)26-11-25-17/h2-3,9,12-15H,4-8,10-11H2,1H3,(H2,21,22,23). The number of methoxy groups -OCH3 is 1. The van der Waals surface area contributed by atoms with Gasteiger partial charge in [0, 0.05) is 25.4 Å². The number of hydrogen-bond donors (Lipinski definition) is 2. The van der Waals surface area contributed by atoms with Crippen LogP contribution in [0.3, 0.4) is 0 Å². The van der Waals surface area contributed by atoms with Gasteiger partial charge in [-0.2, -0.15) is 0 Å². The minimum atomic E-state index is -0.200. The lowest BCUT2D eigenvalue weighted by molar-refractivity contribution is -0.186. The summed E-state index contributed by atoms with van der Waals surface area (Å²) in [5.74, 6) is 4.29. The van der Waals surface area contributed by atoms with E-state index in [-0.39, 0.29) is 18.4 Å². The fourth-order valence-corrected chi connectivity index (χ4v) is 6.04. The minimum absolute atomic E-state index is 0.195. The Morgan fingerprint density at radius 3 is 2.50 bits per heavy atom. The van der Waals surface area contributed by atoms with Crippen LogP contribution in [-0.4, -0.2) is 32.1 Å². The highest BCUT2D eigenvalue weighted by molar-refractivity contribution is 5.89. The summed E-state index contributed by atoms with van der Waals surface area (Å²) in [6, 6.07) is 5.22. The van der Waals surface area contributed by atoms with Crippen molar-refractivity contribution in [3.63, 3.8) is 0 Å². The Morgan fingerprint density at radius 1 is 1.12 bits per heavy atom. The molecule has 6 nitrogen and oxygen atoms in total. The van der Waals surface area contributed by atoms with E-state index in [0.717, 1.165) is 11.8 Å². The van der Waals surface area contributed by atoms with Gasteiger partial charge in [0.1, 0.15) is 0 Å². The molecule has 4 fully saturated rings. The van der Waals surface area contributed by atoms with Gasteiger partial charge in [-0.3, -0.25) is 0 Å². The van der Waals surface area contributed by atoms with E-state index in [0.29, 0.717) is 35.6 Å². The van der Waals surface area contributed by atoms with Crippen LogP contribution in [0.2, 0.25) is 0 Å². The number of benzene rings is 1. The van der Waals surface area contributed by atoms with Crippen LogP contribution in [0.25, 0.3) is 0 Å². The van der Waals surface area contributed by atoms with Gasteiger partial charge in [-0.25, -0.2) is 4.79 Å². The van der Waals surface area contributed by atoms with E-state index < -0.39 is 0 Å². The number of rotatable bonds is 4. The number of ether oxygens (including phenoxy) is 3. The molecule has 4 bridgehead atoms. The third-order valence-corrected chi connectivity index (χ3v) is 7.06. The van der Waals surface area contributed by atoms with Gasteiger partial charge in [0.05, 0.1) is 5.60 Å². The number of urea groups is 1. The zero-order valence-electron chi connectivity index (χ0n) is 15.1. The Balaban J connectivity index is 1.24. The van der Waals surface area contributed by atoms with Gasteiger partial charge >= 0.3 is 6.03 Å². The normalized spacial score (nSPS) is 36.2. The second-order valence-corrected chi connectivity index (χ2v) is 8.34. The van der Waals surface area contributed by atoms with Crippen LogP contribution < -0.4 is 20.1 Å². The summed E-state index contributed by atoms with van der Waals surface area (Å²) >= 11 is 0. The fraction of sp³-hybridized carbons (Fsp3) is 0.650. The molecule has 0 spiro atoms. The molecule has 1 aromatic carbocycles. The van der Waals surface area contributed by atoms with Crippen molar-refractivity contribution >= 4 is 11.7 Å². The molecule has 140 valence electrons. The molecule has 5 aliphatic rings. The van der Waals surface area contributed by atoms with Crippen molar-refractivity contribution in [3.8, 4) is 11.5 Å². The lowest BCUT2D eigenvalue weighted by atomic mass is 9.49. The number of carbonyl (C=O) groups excluding carboxylic acids is 1. The van der Waals surface area contributed by atoms with Gasteiger partial charge in [0.15, 0.2) is 11.5 Å².